The predicted octanol–water partition coefficient (Wildman–Crippen LogP) is 4.02. The Labute approximate surface area is 293 Å². The lowest BCUT2D eigenvalue weighted by Crippen LogP contribution is -2.65. The highest BCUT2D eigenvalue weighted by atomic mass is 32.1. The summed E-state index contributed by atoms with van der Waals surface area (Å²) in [6.07, 6.45) is 2.42. The van der Waals surface area contributed by atoms with Crippen molar-refractivity contribution in [1.82, 2.24) is 20.9 Å². The number of para-hydroxylation sites is 1. The van der Waals surface area contributed by atoms with Gasteiger partial charge in [-0.25, -0.2) is 0 Å². The number of fused-ring (bicyclic) bond motifs is 1. The van der Waals surface area contributed by atoms with E-state index < -0.39 is 47.5 Å². The van der Waals surface area contributed by atoms with Crippen LogP contribution >= 0.6 is 12.2 Å². The first-order valence-corrected chi connectivity index (χ1v) is 17.5. The fourth-order valence-corrected chi connectivity index (χ4v) is 6.39. The van der Waals surface area contributed by atoms with Crippen LogP contribution in [-0.4, -0.2) is 75.9 Å². The summed E-state index contributed by atoms with van der Waals surface area (Å²) in [5.41, 5.74) is -0.451. The van der Waals surface area contributed by atoms with E-state index in [0.29, 0.717) is 44.4 Å². The second-order valence-electron chi connectivity index (χ2n) is 13.3. The molecule has 0 bridgehead atoms. The number of nitrogens with zero attached hydrogens (tertiary/aromatic N) is 1. The minimum Gasteiger partial charge on any atom is -0.446 e. The average Bonchev–Trinajstić information content (AvgIpc) is 3.48. The number of Topliss-reactive ketones (excluding diaryl/α,β-unsaturated/α-hetero) is 1. The molecular weight excluding hydrogens is 644 g/mol. The van der Waals surface area contributed by atoms with Gasteiger partial charge in [0, 0.05) is 31.6 Å². The number of nitrogens with one attached hydrogen (secondary N) is 3. The summed E-state index contributed by atoms with van der Waals surface area (Å²) in [5.74, 6) is -1.20. The monoisotopic (exact) mass is 692 g/mol. The van der Waals surface area contributed by atoms with Gasteiger partial charge in [-0.3, -0.25) is 24.0 Å². The van der Waals surface area contributed by atoms with Crippen LogP contribution in [0.3, 0.4) is 0 Å². The molecule has 49 heavy (non-hydrogen) atoms. The quantitative estimate of drug-likeness (QED) is 0.224. The maximum absolute atomic E-state index is 14.0. The highest BCUT2D eigenvalue weighted by Gasteiger charge is 2.44. The SMILES string of the molecule is CC[C@]1(C)NC(=O)[C@H](CCCCCC(=O)[C@@H](C)OC(=S)Oc2ccccc2)NC(=O)[C@H]2C[C@H](C)CN2C(=O)[C@H](Cc2ccccc2)NC1=O. The Hall–Kier alpha value is -4.32. The number of carbonyl (C=O) groups excluding carboxylic acids is 5. The summed E-state index contributed by atoms with van der Waals surface area (Å²) in [6.45, 7) is 7.39. The lowest BCUT2D eigenvalue weighted by molar-refractivity contribution is -0.144. The van der Waals surface area contributed by atoms with Crippen LogP contribution in [-0.2, 0) is 35.1 Å². The van der Waals surface area contributed by atoms with E-state index in [9.17, 15) is 24.0 Å². The van der Waals surface area contributed by atoms with Crippen molar-refractivity contribution in [2.45, 2.75) is 109 Å². The second kappa shape index (κ2) is 17.4. The van der Waals surface area contributed by atoms with Crippen molar-refractivity contribution in [2.75, 3.05) is 6.54 Å². The van der Waals surface area contributed by atoms with Crippen LogP contribution in [0.5, 0.6) is 5.75 Å². The molecule has 0 unspecified atom stereocenters. The van der Waals surface area contributed by atoms with E-state index in [4.69, 9.17) is 21.7 Å². The van der Waals surface area contributed by atoms with Crippen LogP contribution in [0.25, 0.3) is 0 Å². The molecule has 12 heteroatoms. The fraction of sp³-hybridized carbons (Fsp3) is 0.514. The third-order valence-corrected chi connectivity index (χ3v) is 9.49. The van der Waals surface area contributed by atoms with Gasteiger partial charge in [0.1, 0.15) is 29.4 Å². The highest BCUT2D eigenvalue weighted by Crippen LogP contribution is 2.26. The number of rotatable bonds is 12. The largest absolute Gasteiger partial charge is 0.446 e. The van der Waals surface area contributed by atoms with Crippen molar-refractivity contribution in [1.29, 1.82) is 0 Å². The summed E-state index contributed by atoms with van der Waals surface area (Å²) in [7, 11) is 0. The molecule has 4 amide bonds. The molecule has 6 atom stereocenters. The number of carbonyl (C=O) groups is 5. The smallest absolute Gasteiger partial charge is 0.358 e. The Balaban J connectivity index is 1.39. The van der Waals surface area contributed by atoms with E-state index in [1.54, 1.807) is 49.9 Å². The van der Waals surface area contributed by atoms with Gasteiger partial charge >= 0.3 is 5.24 Å². The number of ketones is 1. The van der Waals surface area contributed by atoms with E-state index in [-0.39, 0.29) is 42.1 Å². The number of thiocarbonyl (C=S) groups is 1. The predicted molar refractivity (Wildman–Crippen MR) is 188 cm³/mol. The molecule has 264 valence electrons. The van der Waals surface area contributed by atoms with Crippen molar-refractivity contribution in [3.8, 4) is 5.75 Å². The van der Waals surface area contributed by atoms with Gasteiger partial charge < -0.3 is 30.3 Å². The van der Waals surface area contributed by atoms with Gasteiger partial charge in [-0.1, -0.05) is 75.2 Å². The van der Waals surface area contributed by atoms with E-state index >= 15 is 0 Å². The molecule has 0 radical (unpaired) electrons. The Morgan fingerprint density at radius 3 is 2.31 bits per heavy atom. The molecule has 2 saturated heterocycles. The molecule has 0 aliphatic carbocycles. The van der Waals surface area contributed by atoms with Gasteiger partial charge in [-0.15, -0.1) is 0 Å². The summed E-state index contributed by atoms with van der Waals surface area (Å²) >= 11 is 5.12. The standard InChI is InChI=1S/C37H48N4O7S/c1-5-37(4)35(46)39-29(22-26-15-9-6-10-16-26)34(45)41-23-24(2)21-30(41)33(44)38-28(32(43)40-37)19-13-8-14-20-31(42)25(3)47-36(49)48-27-17-11-7-12-18-27/h6-7,9-12,15-18,24-25,28-30H,5,8,13-14,19-23H2,1-4H3,(H,38,44)(H,39,46)(H,40,43)/t24-,25+,28-,29-,30+,37-/m0/s1. The molecule has 2 heterocycles. The molecule has 2 fully saturated rings. The van der Waals surface area contributed by atoms with Crippen LogP contribution < -0.4 is 20.7 Å². The van der Waals surface area contributed by atoms with Crippen LogP contribution in [0.4, 0.5) is 0 Å². The second-order valence-corrected chi connectivity index (χ2v) is 13.6. The first-order chi connectivity index (χ1) is 23.4. The number of hydrogen-bond donors (Lipinski definition) is 3. The minimum absolute atomic E-state index is 0.0641. The number of amides is 4. The molecule has 2 aromatic rings. The van der Waals surface area contributed by atoms with Crippen molar-refractivity contribution in [3.05, 3.63) is 66.2 Å². The third kappa shape index (κ3) is 10.3. The zero-order valence-electron chi connectivity index (χ0n) is 28.7. The van der Waals surface area contributed by atoms with E-state index in [2.05, 4.69) is 16.0 Å². The first kappa shape index (κ1) is 37.5. The number of ether oxygens (including phenoxy) is 2. The van der Waals surface area contributed by atoms with Crippen LogP contribution in [0.15, 0.2) is 60.7 Å². The average molecular weight is 693 g/mol. The number of unbranched alkanes of at least 4 members (excludes halogenated alkanes) is 2. The molecule has 11 nitrogen and oxygen atoms in total. The molecule has 4 rings (SSSR count). The summed E-state index contributed by atoms with van der Waals surface area (Å²) in [5, 5.41) is 8.57. The number of benzene rings is 2. The van der Waals surface area contributed by atoms with Gasteiger partial charge in [0.05, 0.1) is 0 Å². The van der Waals surface area contributed by atoms with Crippen LogP contribution in [0, 0.1) is 5.92 Å². The zero-order valence-corrected chi connectivity index (χ0v) is 29.6. The van der Waals surface area contributed by atoms with Crippen molar-refractivity contribution in [3.63, 3.8) is 0 Å². The molecule has 0 spiro atoms. The van der Waals surface area contributed by atoms with Gasteiger partial charge in [0.15, 0.2) is 11.9 Å². The van der Waals surface area contributed by atoms with E-state index in [0.717, 1.165) is 5.56 Å². The van der Waals surface area contributed by atoms with Crippen LogP contribution in [0.1, 0.15) is 78.2 Å². The molecule has 2 aliphatic rings. The normalized spacial score (nSPS) is 25.1. The first-order valence-electron chi connectivity index (χ1n) is 17.1. The van der Waals surface area contributed by atoms with Gasteiger partial charge in [0.2, 0.25) is 23.6 Å². The summed E-state index contributed by atoms with van der Waals surface area (Å²) in [6, 6.07) is 15.7. The fourth-order valence-electron chi connectivity index (χ4n) is 6.15. The van der Waals surface area contributed by atoms with Crippen molar-refractivity contribution < 1.29 is 33.4 Å². The molecule has 0 aromatic heterocycles. The molecular formula is C37H48N4O7S. The molecule has 2 aromatic carbocycles. The molecule has 3 N–H and O–H groups in total. The maximum atomic E-state index is 14.0. The third-order valence-electron chi connectivity index (χ3n) is 9.31. The Bertz CT molecular complexity index is 1490. The Morgan fingerprint density at radius 2 is 1.63 bits per heavy atom. The lowest BCUT2D eigenvalue weighted by Gasteiger charge is -2.36. The Kier molecular flexibility index (Phi) is 13.3. The van der Waals surface area contributed by atoms with Gasteiger partial charge in [0.25, 0.3) is 0 Å². The summed E-state index contributed by atoms with van der Waals surface area (Å²) < 4.78 is 10.9. The summed E-state index contributed by atoms with van der Waals surface area (Å²) in [4.78, 5) is 69.4. The minimum atomic E-state index is -1.32. The highest BCUT2D eigenvalue weighted by molar-refractivity contribution is 7.79. The number of hydrogen-bond acceptors (Lipinski definition) is 8. The maximum Gasteiger partial charge on any atom is 0.358 e. The van der Waals surface area contributed by atoms with Gasteiger partial charge in [-0.2, -0.15) is 0 Å². The molecule has 0 saturated carbocycles. The van der Waals surface area contributed by atoms with Gasteiger partial charge in [-0.05, 0) is 63.1 Å². The van der Waals surface area contributed by atoms with E-state index in [1.165, 1.54) is 0 Å². The van der Waals surface area contributed by atoms with E-state index in [1.807, 2.05) is 43.3 Å². The topological polar surface area (TPSA) is 143 Å². The van der Waals surface area contributed by atoms with Crippen molar-refractivity contribution in [2.24, 2.45) is 5.92 Å². The van der Waals surface area contributed by atoms with Crippen LogP contribution in [0.2, 0.25) is 0 Å². The lowest BCUT2D eigenvalue weighted by atomic mass is 9.94. The Morgan fingerprint density at radius 1 is 0.959 bits per heavy atom. The molecule has 2 aliphatic heterocycles. The zero-order chi connectivity index (χ0) is 35.6. The van der Waals surface area contributed by atoms with Crippen molar-refractivity contribution >= 4 is 46.9 Å².